The number of nitrogens with zero attached hydrogens (tertiary/aromatic N) is 3. The average Bonchev–Trinajstić information content (AvgIpc) is 3.36. The third-order valence-electron chi connectivity index (χ3n) is 7.57. The standard InChI is InChI=1S/C35H23N3/c1-22-10-11-24-19-25(13-12-23(24)18-22)26-14-15-28-21-29(17-16-27(28)20-26)34-36-31-7-3-2-6-30(31)35-37-32-8-4-5-9-33(32)38(34)35/h2-21H,1H3. The van der Waals surface area contributed by atoms with Gasteiger partial charge in [-0.2, -0.15) is 0 Å². The summed E-state index contributed by atoms with van der Waals surface area (Å²) in [6.45, 7) is 2.14. The van der Waals surface area contributed by atoms with Gasteiger partial charge in [-0.3, -0.25) is 4.40 Å². The topological polar surface area (TPSA) is 30.2 Å². The molecule has 0 aliphatic carbocycles. The molecule has 0 amide bonds. The summed E-state index contributed by atoms with van der Waals surface area (Å²) in [7, 11) is 0. The van der Waals surface area contributed by atoms with Crippen LogP contribution in [0.4, 0.5) is 0 Å². The Balaban J connectivity index is 1.30. The second-order valence-electron chi connectivity index (χ2n) is 10.1. The molecule has 0 radical (unpaired) electrons. The number of para-hydroxylation sites is 3. The Bertz CT molecular complexity index is 2200. The van der Waals surface area contributed by atoms with E-state index in [2.05, 4.69) is 114 Å². The second-order valence-corrected chi connectivity index (χ2v) is 10.1. The number of aryl methyl sites for hydroxylation is 1. The summed E-state index contributed by atoms with van der Waals surface area (Å²) < 4.78 is 2.20. The summed E-state index contributed by atoms with van der Waals surface area (Å²) >= 11 is 0. The highest BCUT2D eigenvalue weighted by molar-refractivity contribution is 5.99. The van der Waals surface area contributed by atoms with Gasteiger partial charge < -0.3 is 0 Å². The summed E-state index contributed by atoms with van der Waals surface area (Å²) in [4.78, 5) is 10.1. The fourth-order valence-electron chi connectivity index (χ4n) is 5.65. The van der Waals surface area contributed by atoms with Crippen LogP contribution in [-0.4, -0.2) is 14.4 Å². The number of rotatable bonds is 2. The first kappa shape index (κ1) is 21.1. The number of fused-ring (bicyclic) bond motifs is 7. The highest BCUT2D eigenvalue weighted by Gasteiger charge is 2.15. The molecule has 178 valence electrons. The number of hydrogen-bond donors (Lipinski definition) is 0. The van der Waals surface area contributed by atoms with E-state index in [1.54, 1.807) is 0 Å². The lowest BCUT2D eigenvalue weighted by Gasteiger charge is -2.11. The van der Waals surface area contributed by atoms with Gasteiger partial charge in [-0.1, -0.05) is 84.4 Å². The van der Waals surface area contributed by atoms with Crippen molar-refractivity contribution in [2.24, 2.45) is 0 Å². The van der Waals surface area contributed by atoms with Gasteiger partial charge in [0.1, 0.15) is 11.5 Å². The molecule has 38 heavy (non-hydrogen) atoms. The summed E-state index contributed by atoms with van der Waals surface area (Å²) in [6, 6.07) is 43.2. The quantitative estimate of drug-likeness (QED) is 0.245. The predicted octanol–water partition coefficient (Wildman–Crippen LogP) is 8.98. The molecule has 0 aliphatic rings. The molecule has 6 aromatic carbocycles. The minimum Gasteiger partial charge on any atom is -0.276 e. The van der Waals surface area contributed by atoms with Crippen molar-refractivity contribution < 1.29 is 0 Å². The highest BCUT2D eigenvalue weighted by atomic mass is 15.1. The lowest BCUT2D eigenvalue weighted by molar-refractivity contribution is 1.16. The number of benzene rings is 6. The van der Waals surface area contributed by atoms with Crippen LogP contribution in [0.1, 0.15) is 5.56 Å². The van der Waals surface area contributed by atoms with Crippen LogP contribution in [0.5, 0.6) is 0 Å². The normalized spacial score (nSPS) is 11.8. The number of hydrogen-bond acceptors (Lipinski definition) is 2. The monoisotopic (exact) mass is 485 g/mol. The zero-order valence-corrected chi connectivity index (χ0v) is 20.9. The van der Waals surface area contributed by atoms with Crippen molar-refractivity contribution in [3.05, 3.63) is 127 Å². The van der Waals surface area contributed by atoms with E-state index in [1.165, 1.54) is 38.2 Å². The molecule has 0 N–H and O–H groups in total. The molecule has 0 bridgehead atoms. The third kappa shape index (κ3) is 3.22. The largest absolute Gasteiger partial charge is 0.276 e. The van der Waals surface area contributed by atoms with E-state index in [-0.39, 0.29) is 0 Å². The Hall–Kier alpha value is -5.02. The molecule has 8 rings (SSSR count). The zero-order valence-electron chi connectivity index (χ0n) is 20.9. The summed E-state index contributed by atoms with van der Waals surface area (Å²) in [5, 5.41) is 6.00. The van der Waals surface area contributed by atoms with Crippen molar-refractivity contribution in [2.45, 2.75) is 6.92 Å². The summed E-state index contributed by atoms with van der Waals surface area (Å²) in [5.41, 5.74) is 8.75. The maximum Gasteiger partial charge on any atom is 0.149 e. The lowest BCUT2D eigenvalue weighted by atomic mass is 9.97. The Labute approximate surface area is 219 Å². The predicted molar refractivity (Wildman–Crippen MR) is 159 cm³/mol. The van der Waals surface area contributed by atoms with Crippen LogP contribution in [0.3, 0.4) is 0 Å². The molecule has 0 saturated carbocycles. The third-order valence-corrected chi connectivity index (χ3v) is 7.57. The van der Waals surface area contributed by atoms with Crippen LogP contribution in [0.25, 0.3) is 71.6 Å². The van der Waals surface area contributed by atoms with Gasteiger partial charge in [0.2, 0.25) is 0 Å². The molecule has 0 aliphatic heterocycles. The summed E-state index contributed by atoms with van der Waals surface area (Å²) in [5.74, 6) is 0.906. The van der Waals surface area contributed by atoms with Crippen LogP contribution in [-0.2, 0) is 0 Å². The van der Waals surface area contributed by atoms with Gasteiger partial charge in [-0.15, -0.1) is 0 Å². The van der Waals surface area contributed by atoms with Crippen LogP contribution >= 0.6 is 0 Å². The molecule has 0 fully saturated rings. The number of imidazole rings is 1. The molecule has 0 spiro atoms. The van der Waals surface area contributed by atoms with E-state index in [4.69, 9.17) is 9.97 Å². The van der Waals surface area contributed by atoms with Gasteiger partial charge in [0, 0.05) is 10.9 Å². The Morgan fingerprint density at radius 3 is 1.84 bits per heavy atom. The number of aromatic nitrogens is 3. The van der Waals surface area contributed by atoms with Crippen molar-refractivity contribution in [3.63, 3.8) is 0 Å². The molecular weight excluding hydrogens is 462 g/mol. The molecule has 0 atom stereocenters. The van der Waals surface area contributed by atoms with Crippen LogP contribution in [0, 0.1) is 6.92 Å². The van der Waals surface area contributed by atoms with Crippen molar-refractivity contribution in [1.29, 1.82) is 0 Å². The van der Waals surface area contributed by atoms with Gasteiger partial charge in [0.25, 0.3) is 0 Å². The maximum absolute atomic E-state index is 5.13. The molecule has 2 heterocycles. The average molecular weight is 486 g/mol. The SMILES string of the molecule is Cc1ccc2cc(-c3ccc4cc(-c5nc6ccccc6c6nc7ccccc7n56)ccc4c3)ccc2c1. The van der Waals surface area contributed by atoms with Crippen molar-refractivity contribution in [2.75, 3.05) is 0 Å². The van der Waals surface area contributed by atoms with Crippen molar-refractivity contribution in [3.8, 4) is 22.5 Å². The fraction of sp³-hybridized carbons (Fsp3) is 0.0286. The molecule has 0 saturated heterocycles. The molecule has 3 heteroatoms. The first-order chi connectivity index (χ1) is 18.7. The fourth-order valence-corrected chi connectivity index (χ4v) is 5.65. The van der Waals surface area contributed by atoms with Crippen LogP contribution < -0.4 is 0 Å². The van der Waals surface area contributed by atoms with Gasteiger partial charge in [0.15, 0.2) is 0 Å². The van der Waals surface area contributed by atoms with E-state index >= 15 is 0 Å². The van der Waals surface area contributed by atoms with Crippen LogP contribution in [0.2, 0.25) is 0 Å². The first-order valence-corrected chi connectivity index (χ1v) is 12.9. The Morgan fingerprint density at radius 2 is 1.08 bits per heavy atom. The zero-order chi connectivity index (χ0) is 25.2. The van der Waals surface area contributed by atoms with E-state index in [0.717, 1.165) is 39.0 Å². The molecule has 2 aromatic heterocycles. The van der Waals surface area contributed by atoms with Crippen molar-refractivity contribution in [1.82, 2.24) is 14.4 Å². The van der Waals surface area contributed by atoms with Gasteiger partial charge >= 0.3 is 0 Å². The van der Waals surface area contributed by atoms with Gasteiger partial charge in [0.05, 0.1) is 16.6 Å². The first-order valence-electron chi connectivity index (χ1n) is 12.9. The summed E-state index contributed by atoms with van der Waals surface area (Å²) in [6.07, 6.45) is 0. The second kappa shape index (κ2) is 7.99. The molecule has 8 aromatic rings. The smallest absolute Gasteiger partial charge is 0.149 e. The van der Waals surface area contributed by atoms with Crippen molar-refractivity contribution >= 4 is 49.1 Å². The van der Waals surface area contributed by atoms with Gasteiger partial charge in [-0.05, 0) is 82.1 Å². The maximum atomic E-state index is 5.13. The lowest BCUT2D eigenvalue weighted by Crippen LogP contribution is -1.98. The van der Waals surface area contributed by atoms with Crippen LogP contribution in [0.15, 0.2) is 121 Å². The molecule has 0 unspecified atom stereocenters. The minimum atomic E-state index is 0.906. The Morgan fingerprint density at radius 1 is 0.500 bits per heavy atom. The Kier molecular flexibility index (Phi) is 4.44. The molecular formula is C35H23N3. The van der Waals surface area contributed by atoms with E-state index < -0.39 is 0 Å². The van der Waals surface area contributed by atoms with E-state index in [1.807, 2.05) is 18.2 Å². The van der Waals surface area contributed by atoms with Gasteiger partial charge in [-0.25, -0.2) is 9.97 Å². The van der Waals surface area contributed by atoms with E-state index in [9.17, 15) is 0 Å². The highest BCUT2D eigenvalue weighted by Crippen LogP contribution is 2.33. The molecule has 3 nitrogen and oxygen atoms in total. The minimum absolute atomic E-state index is 0.906. The van der Waals surface area contributed by atoms with E-state index in [0.29, 0.717) is 0 Å².